The number of rotatable bonds is 6. The Morgan fingerprint density at radius 3 is 2.73 bits per heavy atom. The average Bonchev–Trinajstić information content (AvgIpc) is 2.59. The summed E-state index contributed by atoms with van der Waals surface area (Å²) >= 11 is 9.17. The first kappa shape index (κ1) is 20.2. The van der Waals surface area contributed by atoms with Crippen LogP contribution in [0.1, 0.15) is 12.5 Å². The number of nitrogens with one attached hydrogen (secondary N) is 2. The maximum Gasteiger partial charge on any atom is 0.261 e. The second kappa shape index (κ2) is 9.00. The topological polar surface area (TPSA) is 67.4 Å². The van der Waals surface area contributed by atoms with Crippen molar-refractivity contribution in [1.82, 2.24) is 5.32 Å². The number of benzene rings is 2. The van der Waals surface area contributed by atoms with Crippen LogP contribution in [0.2, 0.25) is 5.02 Å². The fraction of sp³-hybridized carbons (Fsp3) is 0.222. The van der Waals surface area contributed by atoms with Gasteiger partial charge in [-0.3, -0.25) is 9.59 Å². The van der Waals surface area contributed by atoms with Crippen LogP contribution in [0.5, 0.6) is 5.75 Å². The van der Waals surface area contributed by atoms with Gasteiger partial charge in [0, 0.05) is 10.7 Å². The summed E-state index contributed by atoms with van der Waals surface area (Å²) in [6.45, 7) is 3.10. The van der Waals surface area contributed by atoms with Crippen LogP contribution in [0.15, 0.2) is 40.9 Å². The fourth-order valence-electron chi connectivity index (χ4n) is 2.06. The Bertz CT molecular complexity index is 832. The number of ether oxygens (including phenoxy) is 1. The second-order valence-electron chi connectivity index (χ2n) is 5.51. The minimum Gasteiger partial charge on any atom is -0.480 e. The molecular weight excluding hydrogens is 427 g/mol. The largest absolute Gasteiger partial charge is 0.480 e. The molecule has 1 unspecified atom stereocenters. The summed E-state index contributed by atoms with van der Waals surface area (Å²) < 4.78 is 18.9. The van der Waals surface area contributed by atoms with E-state index in [9.17, 15) is 14.0 Å². The van der Waals surface area contributed by atoms with E-state index in [-0.39, 0.29) is 12.5 Å². The molecule has 2 aromatic rings. The van der Waals surface area contributed by atoms with Gasteiger partial charge in [-0.2, -0.15) is 0 Å². The van der Waals surface area contributed by atoms with E-state index in [0.717, 1.165) is 5.56 Å². The van der Waals surface area contributed by atoms with Crippen molar-refractivity contribution in [3.63, 3.8) is 0 Å². The molecule has 0 aromatic heterocycles. The molecule has 2 N–H and O–H groups in total. The van der Waals surface area contributed by atoms with Gasteiger partial charge in [0.15, 0.2) is 6.10 Å². The molecule has 0 aliphatic rings. The quantitative estimate of drug-likeness (QED) is 0.707. The molecule has 0 fully saturated rings. The van der Waals surface area contributed by atoms with Crippen molar-refractivity contribution in [2.75, 3.05) is 11.9 Å². The summed E-state index contributed by atoms with van der Waals surface area (Å²) in [5.41, 5.74) is 1.32. The van der Waals surface area contributed by atoms with E-state index >= 15 is 0 Å². The Morgan fingerprint density at radius 2 is 2.04 bits per heavy atom. The van der Waals surface area contributed by atoms with Gasteiger partial charge in [0.25, 0.3) is 5.91 Å². The van der Waals surface area contributed by atoms with Gasteiger partial charge in [-0.05, 0) is 65.7 Å². The highest BCUT2D eigenvalue weighted by Crippen LogP contribution is 2.26. The third-order valence-electron chi connectivity index (χ3n) is 3.53. The SMILES string of the molecule is Cc1c(Cl)cccc1NC(=O)CNC(=O)C(C)Oc1ccc(F)cc1Br. The number of halogens is 3. The average molecular weight is 444 g/mol. The molecule has 26 heavy (non-hydrogen) atoms. The van der Waals surface area contributed by atoms with Crippen LogP contribution in [0.3, 0.4) is 0 Å². The van der Waals surface area contributed by atoms with Crippen molar-refractivity contribution in [1.29, 1.82) is 0 Å². The maximum absolute atomic E-state index is 13.1. The highest BCUT2D eigenvalue weighted by atomic mass is 79.9. The zero-order chi connectivity index (χ0) is 19.3. The Morgan fingerprint density at radius 1 is 1.31 bits per heavy atom. The molecule has 0 radical (unpaired) electrons. The number of carbonyl (C=O) groups is 2. The van der Waals surface area contributed by atoms with E-state index in [1.54, 1.807) is 25.1 Å². The van der Waals surface area contributed by atoms with E-state index in [2.05, 4.69) is 26.6 Å². The highest BCUT2D eigenvalue weighted by molar-refractivity contribution is 9.10. The van der Waals surface area contributed by atoms with Crippen LogP contribution >= 0.6 is 27.5 Å². The van der Waals surface area contributed by atoms with E-state index < -0.39 is 17.8 Å². The summed E-state index contributed by atoms with van der Waals surface area (Å²) in [6.07, 6.45) is -0.863. The van der Waals surface area contributed by atoms with Crippen molar-refractivity contribution >= 4 is 45.0 Å². The summed E-state index contributed by atoms with van der Waals surface area (Å²) in [5, 5.41) is 5.71. The fourth-order valence-corrected chi connectivity index (χ4v) is 2.68. The van der Waals surface area contributed by atoms with Gasteiger partial charge in [-0.1, -0.05) is 17.7 Å². The highest BCUT2D eigenvalue weighted by Gasteiger charge is 2.17. The molecule has 138 valence electrons. The van der Waals surface area contributed by atoms with Gasteiger partial charge in [0.05, 0.1) is 11.0 Å². The molecule has 0 heterocycles. The lowest BCUT2D eigenvalue weighted by atomic mass is 10.2. The first-order valence-corrected chi connectivity index (χ1v) is 8.89. The number of amides is 2. The molecule has 2 aromatic carbocycles. The van der Waals surface area contributed by atoms with E-state index in [0.29, 0.717) is 20.9 Å². The first-order chi connectivity index (χ1) is 12.3. The minimum atomic E-state index is -0.863. The van der Waals surface area contributed by atoms with Gasteiger partial charge in [-0.25, -0.2) is 4.39 Å². The Kier molecular flexibility index (Phi) is 6.99. The van der Waals surface area contributed by atoms with E-state index in [4.69, 9.17) is 16.3 Å². The van der Waals surface area contributed by atoms with E-state index in [1.807, 2.05) is 0 Å². The standard InChI is InChI=1S/C18H17BrClFN2O3/c1-10-14(20)4-3-5-15(10)23-17(24)9-22-18(25)11(2)26-16-7-6-12(21)8-13(16)19/h3-8,11H,9H2,1-2H3,(H,22,25)(H,23,24). The summed E-state index contributed by atoms with van der Waals surface area (Å²) in [4.78, 5) is 24.1. The summed E-state index contributed by atoms with van der Waals surface area (Å²) in [5.74, 6) is -0.958. The van der Waals surface area contributed by atoms with Crippen LogP contribution in [-0.2, 0) is 9.59 Å². The second-order valence-corrected chi connectivity index (χ2v) is 6.77. The zero-order valence-electron chi connectivity index (χ0n) is 14.1. The van der Waals surface area contributed by atoms with Gasteiger partial charge in [0.1, 0.15) is 11.6 Å². The lowest BCUT2D eigenvalue weighted by Crippen LogP contribution is -2.40. The van der Waals surface area contributed by atoms with Crippen LogP contribution in [0.25, 0.3) is 0 Å². The van der Waals surface area contributed by atoms with E-state index in [1.165, 1.54) is 25.1 Å². The molecule has 8 heteroatoms. The van der Waals surface area contributed by atoms with Crippen LogP contribution < -0.4 is 15.4 Å². The third-order valence-corrected chi connectivity index (χ3v) is 4.56. The zero-order valence-corrected chi connectivity index (χ0v) is 16.4. The predicted octanol–water partition coefficient (Wildman–Crippen LogP) is 4.07. The molecule has 0 saturated heterocycles. The molecular formula is C18H17BrClFN2O3. The van der Waals surface area contributed by atoms with Crippen LogP contribution in [0.4, 0.5) is 10.1 Å². The van der Waals surface area contributed by atoms with Crippen molar-refractivity contribution < 1.29 is 18.7 Å². The number of carbonyl (C=O) groups excluding carboxylic acids is 2. The third kappa shape index (κ3) is 5.44. The molecule has 0 bridgehead atoms. The lowest BCUT2D eigenvalue weighted by molar-refractivity contribution is -0.129. The number of anilines is 1. The van der Waals surface area contributed by atoms with Crippen molar-refractivity contribution in [2.24, 2.45) is 0 Å². The normalized spacial score (nSPS) is 11.6. The van der Waals surface area contributed by atoms with Crippen molar-refractivity contribution in [3.05, 3.63) is 57.3 Å². The Hall–Kier alpha value is -2.12. The molecule has 5 nitrogen and oxygen atoms in total. The molecule has 0 aliphatic heterocycles. The number of hydrogen-bond acceptors (Lipinski definition) is 3. The van der Waals surface area contributed by atoms with Gasteiger partial charge >= 0.3 is 0 Å². The number of hydrogen-bond donors (Lipinski definition) is 2. The first-order valence-electron chi connectivity index (χ1n) is 7.72. The van der Waals surface area contributed by atoms with Crippen molar-refractivity contribution in [3.8, 4) is 5.75 Å². The maximum atomic E-state index is 13.1. The minimum absolute atomic E-state index is 0.219. The Balaban J connectivity index is 1.87. The predicted molar refractivity (Wildman–Crippen MR) is 102 cm³/mol. The molecule has 2 amide bonds. The summed E-state index contributed by atoms with van der Waals surface area (Å²) in [7, 11) is 0. The van der Waals surface area contributed by atoms with Crippen molar-refractivity contribution in [2.45, 2.75) is 20.0 Å². The lowest BCUT2D eigenvalue weighted by Gasteiger charge is -2.16. The summed E-state index contributed by atoms with van der Waals surface area (Å²) in [6, 6.07) is 9.05. The smallest absolute Gasteiger partial charge is 0.261 e. The molecule has 1 atom stereocenters. The Labute approximate surface area is 164 Å². The van der Waals surface area contributed by atoms with Crippen LogP contribution in [0, 0.1) is 12.7 Å². The monoisotopic (exact) mass is 442 g/mol. The van der Waals surface area contributed by atoms with Gasteiger partial charge in [-0.15, -0.1) is 0 Å². The molecule has 2 rings (SSSR count). The van der Waals surface area contributed by atoms with Gasteiger partial charge < -0.3 is 15.4 Å². The molecule has 0 spiro atoms. The van der Waals surface area contributed by atoms with Gasteiger partial charge in [0.2, 0.25) is 5.91 Å². The molecule has 0 aliphatic carbocycles. The van der Waals surface area contributed by atoms with Crippen LogP contribution in [-0.4, -0.2) is 24.5 Å². The molecule has 0 saturated carbocycles.